The van der Waals surface area contributed by atoms with E-state index in [1.54, 1.807) is 73.7 Å². The summed E-state index contributed by atoms with van der Waals surface area (Å²) in [4.78, 5) is 140. The number of phenolic OH excluding ortho intramolecular Hbond substituents is 2. The molecule has 1 fully saturated rings. The van der Waals surface area contributed by atoms with Gasteiger partial charge in [-0.2, -0.15) is 0 Å². The molecule has 26 heteroatoms. The van der Waals surface area contributed by atoms with Gasteiger partial charge in [-0.05, 0) is 107 Å². The average molecular weight is 1260 g/mol. The van der Waals surface area contributed by atoms with Crippen molar-refractivity contribution in [1.82, 2.24) is 36.5 Å². The smallest absolute Gasteiger partial charge is 0.342 e. The SMILES string of the molecule is CCC[C@H](NC(=O)CNC(=O)[C@H](CC(C)C)NC(=O)[C@H](C)NC(=O)[C@H](C)NC(=O)[C@H](C)N)C(=O)N1CCC[C@H]1C(=O)N(CCCNc1cccc2c1C(=O)c1ccccc1C2=O)N(C(N)=S)c1cccc2c1C(=O)OC21c2ccc(O)cc2Oc2cc(O)ccc21. The lowest BCUT2D eigenvalue weighted by Crippen LogP contribution is -2.60. The minimum absolute atomic E-state index is 0.0143. The maximum atomic E-state index is 15.8. The lowest BCUT2D eigenvalue weighted by Gasteiger charge is -2.39. The number of nitrogens with one attached hydrogen (secondary N) is 6. The van der Waals surface area contributed by atoms with Crippen LogP contribution in [0.5, 0.6) is 23.0 Å². The van der Waals surface area contributed by atoms with Gasteiger partial charge in [0.15, 0.2) is 22.3 Å². The van der Waals surface area contributed by atoms with E-state index in [0.717, 1.165) is 0 Å². The number of benzene rings is 5. The summed E-state index contributed by atoms with van der Waals surface area (Å²) in [5.41, 5.74) is 12.7. The molecule has 1 spiro atoms. The van der Waals surface area contributed by atoms with E-state index in [1.165, 1.54) is 66.0 Å². The molecule has 25 nitrogen and oxygen atoms in total. The third-order valence-electron chi connectivity index (χ3n) is 16.2. The van der Waals surface area contributed by atoms with Crippen LogP contribution in [0.25, 0.3) is 0 Å². The lowest BCUT2D eigenvalue weighted by molar-refractivity contribution is -0.145. The van der Waals surface area contributed by atoms with Crippen molar-refractivity contribution >= 4 is 87.6 Å². The molecule has 1 aliphatic carbocycles. The number of aromatic hydroxyl groups is 2. The number of hydrazine groups is 1. The Bertz CT molecular complexity index is 3730. The van der Waals surface area contributed by atoms with Gasteiger partial charge in [-0.3, -0.25) is 43.2 Å². The molecule has 7 amide bonds. The van der Waals surface area contributed by atoms with Gasteiger partial charge in [0.05, 0.1) is 29.4 Å². The van der Waals surface area contributed by atoms with Crippen LogP contribution in [0.3, 0.4) is 0 Å². The van der Waals surface area contributed by atoms with Gasteiger partial charge in [-0.1, -0.05) is 75.7 Å². The van der Waals surface area contributed by atoms with E-state index < -0.39 is 101 Å². The normalized spacial score (nSPS) is 16.4. The maximum Gasteiger partial charge on any atom is 0.342 e. The number of hydrogen-bond acceptors (Lipinski definition) is 17. The molecular weight excluding hydrogens is 1190 g/mol. The third-order valence-corrected chi connectivity index (χ3v) is 16.4. The number of nitrogens with two attached hydrogens (primary N) is 2. The van der Waals surface area contributed by atoms with Gasteiger partial charge in [-0.15, -0.1) is 0 Å². The number of anilines is 2. The number of fused-ring (bicyclic) bond motifs is 8. The molecule has 478 valence electrons. The Morgan fingerprint density at radius 3 is 1.97 bits per heavy atom. The number of ketones is 2. The molecule has 4 aliphatic rings. The number of rotatable bonds is 22. The molecule has 3 aliphatic heterocycles. The Morgan fingerprint density at radius 1 is 0.725 bits per heavy atom. The molecule has 3 heterocycles. The second-order valence-electron chi connectivity index (χ2n) is 23.3. The van der Waals surface area contributed by atoms with E-state index in [4.69, 9.17) is 33.2 Å². The highest BCUT2D eigenvalue weighted by atomic mass is 32.1. The fourth-order valence-electron chi connectivity index (χ4n) is 11.9. The molecule has 0 aromatic heterocycles. The monoisotopic (exact) mass is 1260 g/mol. The fourth-order valence-corrected chi connectivity index (χ4v) is 12.1. The van der Waals surface area contributed by atoms with Crippen LogP contribution in [-0.4, -0.2) is 147 Å². The van der Waals surface area contributed by atoms with Crippen LogP contribution >= 0.6 is 12.2 Å². The van der Waals surface area contributed by atoms with Crippen molar-refractivity contribution in [3.8, 4) is 23.0 Å². The molecule has 12 N–H and O–H groups in total. The van der Waals surface area contributed by atoms with Crippen LogP contribution in [0.2, 0.25) is 0 Å². The van der Waals surface area contributed by atoms with Crippen molar-refractivity contribution in [1.29, 1.82) is 0 Å². The number of carbonyl (C=O) groups excluding carboxylic acids is 10. The van der Waals surface area contributed by atoms with E-state index in [0.29, 0.717) is 29.7 Å². The first-order chi connectivity index (χ1) is 43.4. The highest BCUT2D eigenvalue weighted by Gasteiger charge is 2.55. The second kappa shape index (κ2) is 27.4. The van der Waals surface area contributed by atoms with Gasteiger partial charge in [0.1, 0.15) is 53.2 Å². The minimum atomic E-state index is -1.74. The standard InChI is InChI=1S/C65H73N11O14S/c1-7-14-46(72-52(79)32-69-60(85)47(29-33(2)3)73-59(84)36(6)71-58(83)35(5)70-57(82)34(4)66)61(86)74-27-12-21-49(74)62(87)75(28-13-26-68-45-19-10-17-41-53(45)56(81)40-16-9-8-15-39(40)55(41)80)76(64(67)91)48-20-11-18-44-54(48)63(88)90-65(44)42-24-22-37(77)30-50(42)89-51-31-38(78)23-25-43(51)65/h8-11,15-20,22-25,30-31,33-36,46-47,49,68,77-78H,7,12-14,21,26-29,32,66H2,1-6H3,(H2,67,91)(H,69,85)(H,70,82)(H,71,83)(H,72,79)(H,73,84)/t34-,35-,36-,46-,47-,49-/m0/s1. The first kappa shape index (κ1) is 65.5. The highest BCUT2D eigenvalue weighted by Crippen LogP contribution is 2.58. The number of nitrogens with zero attached hydrogens (tertiary/aromatic N) is 3. The molecule has 6 atom stereocenters. The lowest BCUT2D eigenvalue weighted by atomic mass is 9.77. The van der Waals surface area contributed by atoms with E-state index in [1.807, 2.05) is 13.8 Å². The maximum absolute atomic E-state index is 15.8. The zero-order chi connectivity index (χ0) is 65.7. The number of hydrogen-bond donors (Lipinski definition) is 10. The van der Waals surface area contributed by atoms with Crippen LogP contribution in [0.1, 0.15) is 139 Å². The molecule has 9 rings (SSSR count). The molecule has 91 heavy (non-hydrogen) atoms. The zero-order valence-electron chi connectivity index (χ0n) is 51.0. The number of thiocarbonyl (C=S) groups is 1. The summed E-state index contributed by atoms with van der Waals surface area (Å²) in [5, 5.41) is 39.4. The Kier molecular flexibility index (Phi) is 19.7. The van der Waals surface area contributed by atoms with Crippen molar-refractivity contribution in [2.75, 3.05) is 36.5 Å². The minimum Gasteiger partial charge on any atom is -0.508 e. The van der Waals surface area contributed by atoms with Gasteiger partial charge in [0.2, 0.25) is 35.4 Å². The molecule has 0 unspecified atom stereocenters. The van der Waals surface area contributed by atoms with Crippen molar-refractivity contribution in [3.05, 3.63) is 142 Å². The molecule has 0 bridgehead atoms. The number of likely N-dealkylation sites (tertiary alicyclic amines) is 1. The quantitative estimate of drug-likeness (QED) is 0.0199. The van der Waals surface area contributed by atoms with Gasteiger partial charge < -0.3 is 68.0 Å². The zero-order valence-corrected chi connectivity index (χ0v) is 51.9. The predicted molar refractivity (Wildman–Crippen MR) is 337 cm³/mol. The first-order valence-electron chi connectivity index (χ1n) is 30.1. The number of carbonyl (C=O) groups is 10. The van der Waals surface area contributed by atoms with Gasteiger partial charge in [0.25, 0.3) is 5.91 Å². The van der Waals surface area contributed by atoms with Gasteiger partial charge in [-0.25, -0.2) is 14.8 Å². The first-order valence-corrected chi connectivity index (χ1v) is 30.5. The summed E-state index contributed by atoms with van der Waals surface area (Å²) in [5.74, 6) is -6.45. The molecule has 5 aromatic rings. The van der Waals surface area contributed by atoms with Crippen LogP contribution in [0.4, 0.5) is 11.4 Å². The van der Waals surface area contributed by atoms with E-state index >= 15 is 4.79 Å². The van der Waals surface area contributed by atoms with Crippen molar-refractivity contribution in [3.63, 3.8) is 0 Å². The van der Waals surface area contributed by atoms with Crippen molar-refractivity contribution in [2.45, 2.75) is 122 Å². The van der Waals surface area contributed by atoms with Crippen LogP contribution in [0.15, 0.2) is 97.1 Å². The molecule has 5 aromatic carbocycles. The Labute approximate surface area is 529 Å². The summed E-state index contributed by atoms with van der Waals surface area (Å²) in [6.07, 6.45) is 1.25. The van der Waals surface area contributed by atoms with Crippen LogP contribution in [-0.2, 0) is 43.9 Å². The summed E-state index contributed by atoms with van der Waals surface area (Å²) < 4.78 is 12.6. The largest absolute Gasteiger partial charge is 0.508 e. The van der Waals surface area contributed by atoms with Gasteiger partial charge in [0, 0.05) is 70.8 Å². The molecule has 0 radical (unpaired) electrons. The third kappa shape index (κ3) is 13.4. The summed E-state index contributed by atoms with van der Waals surface area (Å²) in [6, 6.07) is 18.2. The van der Waals surface area contributed by atoms with Crippen molar-refractivity contribution < 1.29 is 67.6 Å². The molecule has 1 saturated heterocycles. The Morgan fingerprint density at radius 2 is 1.34 bits per heavy atom. The van der Waals surface area contributed by atoms with E-state index in [2.05, 4.69) is 31.9 Å². The molecule has 0 saturated carbocycles. The Balaban J connectivity index is 0.975. The summed E-state index contributed by atoms with van der Waals surface area (Å²) in [6.45, 7) is 9.07. The number of esters is 1. The number of phenols is 2. The van der Waals surface area contributed by atoms with E-state index in [9.17, 15) is 53.4 Å². The predicted octanol–water partition coefficient (Wildman–Crippen LogP) is 4.02. The van der Waals surface area contributed by atoms with Gasteiger partial charge >= 0.3 is 5.97 Å². The average Bonchev–Trinajstić information content (AvgIpc) is 1.60. The van der Waals surface area contributed by atoms with Crippen LogP contribution in [0, 0.1) is 5.92 Å². The fraction of sp³-hybridized carbons (Fsp3) is 0.369. The Hall–Kier alpha value is -9.95. The van der Waals surface area contributed by atoms with Crippen molar-refractivity contribution in [2.24, 2.45) is 17.4 Å². The number of ether oxygens (including phenoxy) is 2. The summed E-state index contributed by atoms with van der Waals surface area (Å²) >= 11 is 5.81. The number of amides is 7. The molecular formula is C65H73N11O14S. The topological polar surface area (TPSA) is 364 Å². The highest BCUT2D eigenvalue weighted by molar-refractivity contribution is 7.80. The van der Waals surface area contributed by atoms with Crippen LogP contribution < -0.4 is 53.1 Å². The van der Waals surface area contributed by atoms with E-state index in [-0.39, 0.29) is 125 Å². The second-order valence-corrected chi connectivity index (χ2v) is 23.7. The summed E-state index contributed by atoms with van der Waals surface area (Å²) in [7, 11) is 0.